The van der Waals surface area contributed by atoms with Crippen LogP contribution in [0.3, 0.4) is 0 Å². The first-order valence-corrected chi connectivity index (χ1v) is 14.6. The van der Waals surface area contributed by atoms with Crippen molar-refractivity contribution in [1.29, 1.82) is 0 Å². The van der Waals surface area contributed by atoms with Gasteiger partial charge in [0, 0.05) is 24.6 Å². The van der Waals surface area contributed by atoms with Gasteiger partial charge in [0.15, 0.2) is 9.84 Å². The number of imidazole rings is 1. The van der Waals surface area contributed by atoms with Gasteiger partial charge >= 0.3 is 6.36 Å². The Hall–Kier alpha value is -4.49. The van der Waals surface area contributed by atoms with Crippen LogP contribution < -0.4 is 4.74 Å². The number of alkyl halides is 3. The van der Waals surface area contributed by atoms with Crippen molar-refractivity contribution in [3.8, 4) is 39.5 Å². The Bertz CT molecular complexity index is 1860. The number of aryl methyl sites for hydroxylation is 2. The highest BCUT2D eigenvalue weighted by Gasteiger charge is 2.31. The molecule has 0 amide bonds. The summed E-state index contributed by atoms with van der Waals surface area (Å²) in [6.45, 7) is 3.52. The Labute approximate surface area is 239 Å². The van der Waals surface area contributed by atoms with Gasteiger partial charge in [0.05, 0.1) is 33.9 Å². The van der Waals surface area contributed by atoms with Gasteiger partial charge in [0.1, 0.15) is 11.6 Å². The van der Waals surface area contributed by atoms with E-state index in [0.717, 1.165) is 11.9 Å². The number of aromatic nitrogens is 5. The van der Waals surface area contributed by atoms with E-state index in [0.29, 0.717) is 45.1 Å². The minimum absolute atomic E-state index is 0.128. The molecule has 0 bridgehead atoms. The molecule has 0 aliphatic rings. The maximum atomic E-state index is 12.7. The van der Waals surface area contributed by atoms with Crippen molar-refractivity contribution >= 4 is 9.84 Å². The lowest BCUT2D eigenvalue weighted by Crippen LogP contribution is -2.16. The molecule has 5 aromatic rings. The molecule has 0 saturated carbocycles. The van der Waals surface area contributed by atoms with Crippen LogP contribution in [0, 0.1) is 13.8 Å². The lowest BCUT2D eigenvalue weighted by Gasteiger charge is -2.17. The highest BCUT2D eigenvalue weighted by molar-refractivity contribution is 7.90. The molecule has 2 heterocycles. The van der Waals surface area contributed by atoms with E-state index in [-0.39, 0.29) is 23.7 Å². The summed E-state index contributed by atoms with van der Waals surface area (Å²) in [5.74, 6) is 0.355. The molecule has 13 heteroatoms. The number of halogens is 3. The van der Waals surface area contributed by atoms with Crippen molar-refractivity contribution in [1.82, 2.24) is 24.5 Å². The zero-order valence-corrected chi connectivity index (χ0v) is 23.6. The Morgan fingerprint density at radius 1 is 0.929 bits per heavy atom. The maximum absolute atomic E-state index is 12.7. The van der Waals surface area contributed by atoms with Crippen LogP contribution in [0.15, 0.2) is 78.0 Å². The minimum atomic E-state index is -4.81. The van der Waals surface area contributed by atoms with Crippen LogP contribution in [0.25, 0.3) is 33.8 Å². The average molecular weight is 598 g/mol. The van der Waals surface area contributed by atoms with Gasteiger partial charge in [-0.25, -0.2) is 18.1 Å². The molecule has 0 aliphatic carbocycles. The summed E-state index contributed by atoms with van der Waals surface area (Å²) in [4.78, 5) is 4.63. The van der Waals surface area contributed by atoms with Crippen molar-refractivity contribution in [2.45, 2.75) is 31.5 Å². The molecule has 3 aromatic carbocycles. The second kappa shape index (κ2) is 11.1. The first kappa shape index (κ1) is 29.0. The fraction of sp³-hybridized carbons (Fsp3) is 0.207. The van der Waals surface area contributed by atoms with Crippen molar-refractivity contribution < 1.29 is 31.4 Å². The van der Waals surface area contributed by atoms with E-state index in [2.05, 4.69) is 20.0 Å². The largest absolute Gasteiger partial charge is 0.573 e. The normalized spacial score (nSPS) is 12.1. The number of aliphatic hydroxyl groups is 1. The summed E-state index contributed by atoms with van der Waals surface area (Å²) < 4.78 is 70.6. The molecule has 0 saturated heterocycles. The van der Waals surface area contributed by atoms with Crippen molar-refractivity contribution in [3.05, 3.63) is 90.1 Å². The van der Waals surface area contributed by atoms with Crippen molar-refractivity contribution in [2.75, 3.05) is 12.9 Å². The molecule has 0 radical (unpaired) electrons. The van der Waals surface area contributed by atoms with Gasteiger partial charge in [-0.15, -0.1) is 18.3 Å². The highest BCUT2D eigenvalue weighted by Crippen LogP contribution is 2.33. The predicted molar refractivity (Wildman–Crippen MR) is 149 cm³/mol. The summed E-state index contributed by atoms with van der Waals surface area (Å²) >= 11 is 0. The molecular weight excluding hydrogens is 571 g/mol. The molecule has 0 aliphatic heterocycles. The number of rotatable bonds is 8. The summed E-state index contributed by atoms with van der Waals surface area (Å²) in [6.07, 6.45) is -0.138. The molecule has 5 rings (SSSR count). The molecule has 1 N–H and O–H groups in total. The van der Waals surface area contributed by atoms with Crippen LogP contribution in [-0.2, 0) is 16.3 Å². The average Bonchev–Trinajstić information content (AvgIpc) is 3.53. The number of nitrogens with zero attached hydrogens (tertiary/aromatic N) is 5. The molecule has 218 valence electrons. The van der Waals surface area contributed by atoms with Gasteiger partial charge in [0.25, 0.3) is 0 Å². The maximum Gasteiger partial charge on any atom is 0.573 e. The van der Waals surface area contributed by atoms with Gasteiger partial charge < -0.3 is 14.4 Å². The molecule has 9 nitrogen and oxygen atoms in total. The fourth-order valence-corrected chi connectivity index (χ4v) is 5.77. The van der Waals surface area contributed by atoms with Crippen LogP contribution >= 0.6 is 0 Å². The van der Waals surface area contributed by atoms with Crippen LogP contribution in [0.1, 0.15) is 17.1 Å². The monoisotopic (exact) mass is 597 g/mol. The molecule has 0 spiro atoms. The lowest BCUT2D eigenvalue weighted by molar-refractivity contribution is -0.274. The van der Waals surface area contributed by atoms with E-state index in [1.54, 1.807) is 22.9 Å². The topological polar surface area (TPSA) is 112 Å². The third-order valence-corrected chi connectivity index (χ3v) is 7.76. The number of hydrogen-bond donors (Lipinski definition) is 1. The van der Waals surface area contributed by atoms with E-state index >= 15 is 0 Å². The van der Waals surface area contributed by atoms with Crippen molar-refractivity contribution in [3.63, 3.8) is 0 Å². The van der Waals surface area contributed by atoms with Gasteiger partial charge in [-0.1, -0.05) is 23.4 Å². The quantitative estimate of drug-likeness (QED) is 0.260. The number of aliphatic hydroxyl groups excluding tert-OH is 1. The highest BCUT2D eigenvalue weighted by atomic mass is 32.2. The fourth-order valence-electron chi connectivity index (χ4n) is 4.78. The van der Waals surface area contributed by atoms with E-state index < -0.39 is 16.2 Å². The Morgan fingerprint density at radius 2 is 1.60 bits per heavy atom. The number of sulfone groups is 1. The summed E-state index contributed by atoms with van der Waals surface area (Å²) in [5.41, 5.74) is 4.91. The molecular formula is C29H26F3N5O4S. The lowest BCUT2D eigenvalue weighted by atomic mass is 10.0. The Morgan fingerprint density at radius 3 is 2.21 bits per heavy atom. The first-order chi connectivity index (χ1) is 19.8. The van der Waals surface area contributed by atoms with E-state index in [4.69, 9.17) is 0 Å². The standard InChI is InChI=1S/C29H26F3N5O4S/c1-18-17-36(19(2)34-18)25-11-8-22(23-5-4-21(12-13-38)28(15-23)42(3,39)40)14-26(25)37-27(16-33-35-37)20-6-9-24(10-7-20)41-29(30,31)32/h4-11,14-17,38H,12-13H2,1-3H3. The Balaban J connectivity index is 1.67. The second-order valence-electron chi connectivity index (χ2n) is 9.67. The van der Waals surface area contributed by atoms with Gasteiger partial charge in [-0.05, 0) is 79.4 Å². The van der Waals surface area contributed by atoms with Crippen LogP contribution in [0.2, 0.25) is 0 Å². The smallest absolute Gasteiger partial charge is 0.406 e. The SMILES string of the molecule is Cc1cn(-c2ccc(-c3ccc(CCO)c(S(C)(=O)=O)c3)cc2-n2nncc2-c2ccc(OC(F)(F)F)cc2)c(C)n1. The molecule has 42 heavy (non-hydrogen) atoms. The zero-order chi connectivity index (χ0) is 30.2. The number of ether oxygens (including phenoxy) is 1. The summed E-state index contributed by atoms with van der Waals surface area (Å²) in [5, 5.41) is 17.8. The molecule has 0 fully saturated rings. The van der Waals surface area contributed by atoms with E-state index in [1.807, 2.05) is 42.8 Å². The molecule has 2 aromatic heterocycles. The third kappa shape index (κ3) is 6.06. The predicted octanol–water partition coefficient (Wildman–Crippen LogP) is 5.24. The zero-order valence-electron chi connectivity index (χ0n) is 22.8. The summed E-state index contributed by atoms with van der Waals surface area (Å²) in [7, 11) is -3.58. The third-order valence-electron chi connectivity index (χ3n) is 6.58. The molecule has 0 unspecified atom stereocenters. The minimum Gasteiger partial charge on any atom is -0.406 e. The molecule has 0 atom stereocenters. The number of hydrogen-bond acceptors (Lipinski definition) is 7. The van der Waals surface area contributed by atoms with E-state index in [9.17, 15) is 26.7 Å². The first-order valence-electron chi connectivity index (χ1n) is 12.7. The van der Waals surface area contributed by atoms with Crippen LogP contribution in [-0.4, -0.2) is 57.3 Å². The Kier molecular flexibility index (Phi) is 7.64. The number of benzene rings is 3. The van der Waals surface area contributed by atoms with Gasteiger partial charge in [0.2, 0.25) is 0 Å². The van der Waals surface area contributed by atoms with Gasteiger partial charge in [-0.3, -0.25) is 0 Å². The van der Waals surface area contributed by atoms with Crippen LogP contribution in [0.5, 0.6) is 5.75 Å². The summed E-state index contributed by atoms with van der Waals surface area (Å²) in [6, 6.07) is 16.0. The van der Waals surface area contributed by atoms with Gasteiger partial charge in [-0.2, -0.15) is 0 Å². The second-order valence-corrected chi connectivity index (χ2v) is 11.7. The van der Waals surface area contributed by atoms with Crippen molar-refractivity contribution in [2.24, 2.45) is 0 Å². The van der Waals surface area contributed by atoms with E-state index in [1.165, 1.54) is 30.5 Å². The van der Waals surface area contributed by atoms with Crippen LogP contribution in [0.4, 0.5) is 13.2 Å².